The average Bonchev–Trinajstić information content (AvgIpc) is 2.09. The molecule has 0 radical (unpaired) electrons. The Hall–Kier alpha value is -1.03. The fourth-order valence-electron chi connectivity index (χ4n) is 0.833. The predicted molar refractivity (Wildman–Crippen MR) is 59.6 cm³/mol. The molecule has 3 N–H and O–H groups in total. The minimum absolute atomic E-state index is 0.187. The lowest BCUT2D eigenvalue weighted by atomic mass is 10.3. The molecule has 0 bridgehead atoms. The van der Waals surface area contributed by atoms with Gasteiger partial charge < -0.3 is 11.1 Å². The summed E-state index contributed by atoms with van der Waals surface area (Å²) in [5, 5.41) is 3.16. The maximum absolute atomic E-state index is 5.55. The minimum Gasteiger partial charge on any atom is -0.397 e. The molecule has 0 aromatic carbocycles. The Kier molecular flexibility index (Phi) is 3.31. The van der Waals surface area contributed by atoms with Gasteiger partial charge in [0.1, 0.15) is 5.82 Å². The van der Waals surface area contributed by atoms with Gasteiger partial charge in [-0.2, -0.15) is 0 Å². The first-order valence-electron chi connectivity index (χ1n) is 3.93. The van der Waals surface area contributed by atoms with Crippen LogP contribution in [0.3, 0.4) is 0 Å². The molecule has 1 heterocycles. The fourth-order valence-corrected chi connectivity index (χ4v) is 1.31. The van der Waals surface area contributed by atoms with E-state index in [-0.39, 0.29) is 6.04 Å². The van der Waals surface area contributed by atoms with Gasteiger partial charge >= 0.3 is 0 Å². The Morgan fingerprint density at radius 2 is 2.46 bits per heavy atom. The van der Waals surface area contributed by atoms with Crippen LogP contribution in [0, 0.1) is 0 Å². The van der Waals surface area contributed by atoms with Crippen molar-refractivity contribution < 1.29 is 0 Å². The van der Waals surface area contributed by atoms with Crippen LogP contribution in [0.25, 0.3) is 0 Å². The van der Waals surface area contributed by atoms with Crippen molar-refractivity contribution in [1.82, 2.24) is 4.98 Å². The van der Waals surface area contributed by atoms with E-state index in [0.717, 1.165) is 10.3 Å². The highest BCUT2D eigenvalue weighted by Gasteiger charge is 2.03. The summed E-state index contributed by atoms with van der Waals surface area (Å²) in [6, 6.07) is 2.00. The van der Waals surface area contributed by atoms with Gasteiger partial charge in [-0.1, -0.05) is 6.08 Å². The number of hydrogen-bond acceptors (Lipinski definition) is 3. The van der Waals surface area contributed by atoms with Crippen LogP contribution in [-0.4, -0.2) is 11.0 Å². The molecule has 0 aliphatic rings. The van der Waals surface area contributed by atoms with E-state index in [1.54, 1.807) is 6.20 Å². The number of pyridine rings is 1. The summed E-state index contributed by atoms with van der Waals surface area (Å²) in [5.74, 6) is 0.779. The van der Waals surface area contributed by atoms with E-state index >= 15 is 0 Å². The van der Waals surface area contributed by atoms with Crippen LogP contribution in [0.5, 0.6) is 0 Å². The standard InChI is InChI=1S/C9H12BrN3/c1-3-6(2)13-9-8(10)4-7(11)5-12-9/h3-6H,1,11H2,2H3,(H,12,13). The van der Waals surface area contributed by atoms with Gasteiger partial charge in [-0.05, 0) is 28.9 Å². The summed E-state index contributed by atoms with van der Waals surface area (Å²) < 4.78 is 0.862. The first-order chi connectivity index (χ1) is 6.13. The van der Waals surface area contributed by atoms with Gasteiger partial charge in [0, 0.05) is 6.04 Å². The predicted octanol–water partition coefficient (Wildman–Crippen LogP) is 2.41. The Labute approximate surface area is 86.2 Å². The van der Waals surface area contributed by atoms with Crippen molar-refractivity contribution in [3.63, 3.8) is 0 Å². The molecular weight excluding hydrogens is 230 g/mol. The van der Waals surface area contributed by atoms with E-state index in [4.69, 9.17) is 5.73 Å². The number of nitrogens with one attached hydrogen (secondary N) is 1. The highest BCUT2D eigenvalue weighted by molar-refractivity contribution is 9.10. The molecule has 0 saturated heterocycles. The maximum atomic E-state index is 5.55. The van der Waals surface area contributed by atoms with Crippen molar-refractivity contribution in [3.05, 3.63) is 29.4 Å². The summed E-state index contributed by atoms with van der Waals surface area (Å²) in [5.41, 5.74) is 6.19. The van der Waals surface area contributed by atoms with Gasteiger partial charge in [-0.25, -0.2) is 4.98 Å². The summed E-state index contributed by atoms with van der Waals surface area (Å²) in [6.07, 6.45) is 3.42. The van der Waals surface area contributed by atoms with Gasteiger partial charge in [0.15, 0.2) is 0 Å². The van der Waals surface area contributed by atoms with Gasteiger partial charge in [0.2, 0.25) is 0 Å². The second-order valence-corrected chi connectivity index (χ2v) is 3.62. The molecule has 0 aliphatic carbocycles. The van der Waals surface area contributed by atoms with Gasteiger partial charge in [-0.15, -0.1) is 6.58 Å². The first kappa shape index (κ1) is 10.1. The Morgan fingerprint density at radius 3 is 3.00 bits per heavy atom. The first-order valence-corrected chi connectivity index (χ1v) is 4.73. The number of hydrogen-bond donors (Lipinski definition) is 2. The van der Waals surface area contributed by atoms with E-state index in [2.05, 4.69) is 32.8 Å². The zero-order valence-electron chi connectivity index (χ0n) is 7.42. The zero-order chi connectivity index (χ0) is 9.84. The quantitative estimate of drug-likeness (QED) is 0.800. The van der Waals surface area contributed by atoms with Crippen molar-refractivity contribution >= 4 is 27.4 Å². The van der Waals surface area contributed by atoms with E-state index in [9.17, 15) is 0 Å². The Bertz CT molecular complexity index is 312. The van der Waals surface area contributed by atoms with Crippen molar-refractivity contribution in [2.24, 2.45) is 0 Å². The van der Waals surface area contributed by atoms with Crippen LogP contribution in [0.2, 0.25) is 0 Å². The van der Waals surface area contributed by atoms with Gasteiger partial charge in [0.05, 0.1) is 16.4 Å². The van der Waals surface area contributed by atoms with Gasteiger partial charge in [-0.3, -0.25) is 0 Å². The van der Waals surface area contributed by atoms with E-state index in [1.807, 2.05) is 19.1 Å². The Balaban J connectivity index is 2.83. The van der Waals surface area contributed by atoms with Crippen molar-refractivity contribution in [2.45, 2.75) is 13.0 Å². The van der Waals surface area contributed by atoms with Crippen LogP contribution in [-0.2, 0) is 0 Å². The molecule has 70 valence electrons. The van der Waals surface area contributed by atoms with E-state index < -0.39 is 0 Å². The molecule has 4 heteroatoms. The third-order valence-corrected chi connectivity index (χ3v) is 2.18. The largest absolute Gasteiger partial charge is 0.397 e. The fraction of sp³-hybridized carbons (Fsp3) is 0.222. The lowest BCUT2D eigenvalue weighted by Crippen LogP contribution is -2.12. The monoisotopic (exact) mass is 241 g/mol. The molecule has 0 amide bonds. The summed E-state index contributed by atoms with van der Waals surface area (Å²) in [7, 11) is 0. The van der Waals surface area contributed by atoms with Crippen molar-refractivity contribution in [1.29, 1.82) is 0 Å². The number of anilines is 2. The SMILES string of the molecule is C=CC(C)Nc1ncc(N)cc1Br. The summed E-state index contributed by atoms with van der Waals surface area (Å²) in [6.45, 7) is 5.67. The topological polar surface area (TPSA) is 50.9 Å². The highest BCUT2D eigenvalue weighted by atomic mass is 79.9. The van der Waals surface area contributed by atoms with Gasteiger partial charge in [0.25, 0.3) is 0 Å². The van der Waals surface area contributed by atoms with E-state index in [1.165, 1.54) is 0 Å². The molecule has 0 aliphatic heterocycles. The average molecular weight is 242 g/mol. The lowest BCUT2D eigenvalue weighted by molar-refractivity contribution is 0.981. The zero-order valence-corrected chi connectivity index (χ0v) is 9.01. The van der Waals surface area contributed by atoms with Crippen LogP contribution < -0.4 is 11.1 Å². The normalized spacial score (nSPS) is 12.2. The Morgan fingerprint density at radius 1 is 1.77 bits per heavy atom. The number of nitrogens with zero attached hydrogens (tertiary/aromatic N) is 1. The highest BCUT2D eigenvalue weighted by Crippen LogP contribution is 2.22. The number of nitrogen functional groups attached to an aromatic ring is 1. The third-order valence-electron chi connectivity index (χ3n) is 1.58. The molecular formula is C9H12BrN3. The molecule has 0 saturated carbocycles. The molecule has 3 nitrogen and oxygen atoms in total. The van der Waals surface area contributed by atoms with Crippen LogP contribution in [0.15, 0.2) is 29.4 Å². The second kappa shape index (κ2) is 4.28. The van der Waals surface area contributed by atoms with Crippen LogP contribution in [0.4, 0.5) is 11.5 Å². The van der Waals surface area contributed by atoms with Crippen molar-refractivity contribution in [3.8, 4) is 0 Å². The van der Waals surface area contributed by atoms with Crippen LogP contribution in [0.1, 0.15) is 6.92 Å². The number of aromatic nitrogens is 1. The lowest BCUT2D eigenvalue weighted by Gasteiger charge is -2.11. The number of halogens is 1. The molecule has 1 aromatic heterocycles. The summed E-state index contributed by atoms with van der Waals surface area (Å²) >= 11 is 3.37. The van der Waals surface area contributed by atoms with E-state index in [0.29, 0.717) is 5.69 Å². The minimum atomic E-state index is 0.187. The molecule has 13 heavy (non-hydrogen) atoms. The molecule has 1 rings (SSSR count). The number of rotatable bonds is 3. The molecule has 1 atom stereocenters. The number of nitrogens with two attached hydrogens (primary N) is 1. The second-order valence-electron chi connectivity index (χ2n) is 2.77. The maximum Gasteiger partial charge on any atom is 0.140 e. The molecule has 1 unspecified atom stereocenters. The summed E-state index contributed by atoms with van der Waals surface area (Å²) in [4.78, 5) is 4.13. The molecule has 0 spiro atoms. The smallest absolute Gasteiger partial charge is 0.140 e. The molecule has 0 fully saturated rings. The van der Waals surface area contributed by atoms with Crippen molar-refractivity contribution in [2.75, 3.05) is 11.1 Å². The van der Waals surface area contributed by atoms with Crippen LogP contribution >= 0.6 is 15.9 Å². The molecule has 1 aromatic rings. The third kappa shape index (κ3) is 2.73.